The van der Waals surface area contributed by atoms with Crippen LogP contribution in [0.5, 0.6) is 0 Å². The SMILES string of the molecule is c1ccc(C2(c3ccccc3)c3ccccc3-c3cc(N(c4ccc(-c5cccc(-c6cccc7c6sc6ccccc67)c5)cc4)c4ccc(-c5cccc(-c6cccc7c6sc6ccccc67)c5)cc4)ccc32)cc1. The van der Waals surface area contributed by atoms with E-state index in [9.17, 15) is 0 Å². The summed E-state index contributed by atoms with van der Waals surface area (Å²) < 4.78 is 5.30. The molecule has 0 saturated heterocycles. The lowest BCUT2D eigenvalue weighted by atomic mass is 9.68. The van der Waals surface area contributed by atoms with Crippen LogP contribution in [0.25, 0.3) is 96.0 Å². The standard InChI is InChI=1S/C73H47NS2/c1-3-21-54(22-4-1)73(55-23-5-2-6-24-55)67-32-10-7-25-61(67)66-47-58(43-44-68(66)73)74(56-39-35-48(36-40-56)50-17-13-19-52(45-50)59-28-15-30-64-62-26-8-11-33-69(62)75-71(59)64)57-41-37-49(38-42-57)51-18-14-20-53(46-51)60-29-16-31-65-63-27-9-12-34-70(63)76-72(60)65/h1-47H. The summed E-state index contributed by atoms with van der Waals surface area (Å²) in [4.78, 5) is 2.43. The topological polar surface area (TPSA) is 3.24 Å². The number of thiophene rings is 2. The average molecular weight is 1000 g/mol. The number of nitrogens with zero attached hydrogens (tertiary/aromatic N) is 1. The van der Waals surface area contributed by atoms with E-state index in [1.807, 2.05) is 22.7 Å². The van der Waals surface area contributed by atoms with Crippen LogP contribution >= 0.6 is 22.7 Å². The van der Waals surface area contributed by atoms with E-state index in [-0.39, 0.29) is 0 Å². The van der Waals surface area contributed by atoms with Crippen LogP contribution in [0.2, 0.25) is 0 Å². The summed E-state index contributed by atoms with van der Waals surface area (Å²) in [5.41, 5.74) is 20.1. The summed E-state index contributed by atoms with van der Waals surface area (Å²) in [5, 5.41) is 5.27. The summed E-state index contributed by atoms with van der Waals surface area (Å²) in [5.74, 6) is 0. The summed E-state index contributed by atoms with van der Waals surface area (Å²) in [6.07, 6.45) is 0. The van der Waals surface area contributed by atoms with E-state index < -0.39 is 5.41 Å². The lowest BCUT2D eigenvalue weighted by molar-refractivity contribution is 0.768. The van der Waals surface area contributed by atoms with Crippen LogP contribution in [0, 0.1) is 0 Å². The van der Waals surface area contributed by atoms with Crippen LogP contribution in [0.3, 0.4) is 0 Å². The van der Waals surface area contributed by atoms with Crippen LogP contribution in [-0.2, 0) is 5.41 Å². The molecule has 0 N–H and O–H groups in total. The van der Waals surface area contributed by atoms with Gasteiger partial charge in [-0.15, -0.1) is 22.7 Å². The molecule has 0 radical (unpaired) electrons. The Morgan fingerprint density at radius 3 is 1.20 bits per heavy atom. The molecular weight excluding hydrogens is 955 g/mol. The molecule has 0 aliphatic heterocycles. The molecule has 1 aliphatic carbocycles. The van der Waals surface area contributed by atoms with Gasteiger partial charge in [0.2, 0.25) is 0 Å². The van der Waals surface area contributed by atoms with Crippen molar-refractivity contribution in [3.8, 4) is 55.6 Å². The van der Waals surface area contributed by atoms with Gasteiger partial charge >= 0.3 is 0 Å². The van der Waals surface area contributed by atoms with Crippen LogP contribution in [-0.4, -0.2) is 0 Å². The van der Waals surface area contributed by atoms with Gasteiger partial charge in [0.1, 0.15) is 0 Å². The lowest BCUT2D eigenvalue weighted by Crippen LogP contribution is -2.28. The number of fused-ring (bicyclic) bond motifs is 9. The minimum Gasteiger partial charge on any atom is -0.310 e. The Kier molecular flexibility index (Phi) is 10.6. The third kappa shape index (κ3) is 7.12. The maximum Gasteiger partial charge on any atom is 0.0713 e. The van der Waals surface area contributed by atoms with Gasteiger partial charge in [0.05, 0.1) is 5.41 Å². The van der Waals surface area contributed by atoms with E-state index in [0.29, 0.717) is 0 Å². The van der Waals surface area contributed by atoms with Crippen molar-refractivity contribution in [3.63, 3.8) is 0 Å². The van der Waals surface area contributed by atoms with Gasteiger partial charge in [-0.1, -0.05) is 224 Å². The summed E-state index contributed by atoms with van der Waals surface area (Å²) >= 11 is 3.76. The normalized spacial score (nSPS) is 12.6. The number of benzene rings is 12. The van der Waals surface area contributed by atoms with Gasteiger partial charge in [-0.3, -0.25) is 0 Å². The quantitative estimate of drug-likeness (QED) is 0.139. The molecule has 2 aromatic heterocycles. The van der Waals surface area contributed by atoms with Crippen LogP contribution in [0.15, 0.2) is 285 Å². The first-order valence-corrected chi connectivity index (χ1v) is 27.7. The van der Waals surface area contributed by atoms with E-state index in [4.69, 9.17) is 0 Å². The molecular formula is C73H47NS2. The predicted octanol–water partition coefficient (Wildman–Crippen LogP) is 20.9. The van der Waals surface area contributed by atoms with Gasteiger partial charge in [0.25, 0.3) is 0 Å². The minimum absolute atomic E-state index is 0.477. The molecule has 15 rings (SSSR count). The summed E-state index contributed by atoms with van der Waals surface area (Å²) in [7, 11) is 0. The highest BCUT2D eigenvalue weighted by Crippen LogP contribution is 2.57. The summed E-state index contributed by atoms with van der Waals surface area (Å²) in [6, 6.07) is 106. The first-order valence-electron chi connectivity index (χ1n) is 26.1. The first-order chi connectivity index (χ1) is 37.7. The zero-order valence-electron chi connectivity index (χ0n) is 41.4. The molecule has 0 fully saturated rings. The Hall–Kier alpha value is -9.12. The molecule has 356 valence electrons. The second kappa shape index (κ2) is 18.1. The average Bonchev–Trinajstić information content (AvgIpc) is 4.25. The zero-order valence-corrected chi connectivity index (χ0v) is 43.0. The summed E-state index contributed by atoms with van der Waals surface area (Å²) in [6.45, 7) is 0. The molecule has 76 heavy (non-hydrogen) atoms. The molecule has 0 unspecified atom stereocenters. The highest BCUT2D eigenvalue weighted by molar-refractivity contribution is 7.26. The van der Waals surface area contributed by atoms with Crippen molar-refractivity contribution in [1.29, 1.82) is 0 Å². The number of anilines is 3. The molecule has 0 atom stereocenters. The fraction of sp³-hybridized carbons (Fsp3) is 0.0137. The number of hydrogen-bond donors (Lipinski definition) is 0. The fourth-order valence-electron chi connectivity index (χ4n) is 12.3. The van der Waals surface area contributed by atoms with Crippen molar-refractivity contribution >= 4 is 80.1 Å². The highest BCUT2D eigenvalue weighted by atomic mass is 32.1. The number of rotatable bonds is 9. The van der Waals surface area contributed by atoms with Gasteiger partial charge in [0, 0.05) is 57.4 Å². The predicted molar refractivity (Wildman–Crippen MR) is 326 cm³/mol. The number of hydrogen-bond acceptors (Lipinski definition) is 3. The molecule has 0 saturated carbocycles. The van der Waals surface area contributed by atoms with Gasteiger partial charge in [-0.2, -0.15) is 0 Å². The van der Waals surface area contributed by atoms with Crippen molar-refractivity contribution < 1.29 is 0 Å². The van der Waals surface area contributed by atoms with E-state index >= 15 is 0 Å². The zero-order chi connectivity index (χ0) is 50.2. The van der Waals surface area contributed by atoms with E-state index in [2.05, 4.69) is 290 Å². The van der Waals surface area contributed by atoms with E-state index in [0.717, 1.165) is 17.1 Å². The van der Waals surface area contributed by atoms with Gasteiger partial charge in [-0.05, 0) is 139 Å². The Morgan fingerprint density at radius 2 is 0.658 bits per heavy atom. The second-order valence-electron chi connectivity index (χ2n) is 19.9. The van der Waals surface area contributed by atoms with E-state index in [1.165, 1.54) is 118 Å². The monoisotopic (exact) mass is 1000 g/mol. The Morgan fingerprint density at radius 1 is 0.250 bits per heavy atom. The van der Waals surface area contributed by atoms with Crippen molar-refractivity contribution in [2.75, 3.05) is 4.90 Å². The maximum atomic E-state index is 2.43. The van der Waals surface area contributed by atoms with Crippen LogP contribution < -0.4 is 4.90 Å². The third-order valence-electron chi connectivity index (χ3n) is 15.8. The smallest absolute Gasteiger partial charge is 0.0713 e. The fourth-order valence-corrected chi connectivity index (χ4v) is 14.8. The van der Waals surface area contributed by atoms with Gasteiger partial charge in [-0.25, -0.2) is 0 Å². The van der Waals surface area contributed by atoms with Crippen LogP contribution in [0.1, 0.15) is 22.3 Å². The molecule has 14 aromatic rings. The highest BCUT2D eigenvalue weighted by Gasteiger charge is 2.46. The molecule has 3 heteroatoms. The van der Waals surface area contributed by atoms with Crippen molar-refractivity contribution in [2.24, 2.45) is 0 Å². The Bertz CT molecular complexity index is 4270. The van der Waals surface area contributed by atoms with Crippen molar-refractivity contribution in [2.45, 2.75) is 5.41 Å². The maximum absolute atomic E-state index is 2.43. The minimum atomic E-state index is -0.477. The Labute approximate surface area is 450 Å². The van der Waals surface area contributed by atoms with Gasteiger partial charge in [0.15, 0.2) is 0 Å². The lowest BCUT2D eigenvalue weighted by Gasteiger charge is -2.34. The third-order valence-corrected chi connectivity index (χ3v) is 18.2. The van der Waals surface area contributed by atoms with Gasteiger partial charge < -0.3 is 4.90 Å². The molecule has 2 heterocycles. The molecule has 0 spiro atoms. The van der Waals surface area contributed by atoms with Crippen LogP contribution in [0.4, 0.5) is 17.1 Å². The first kappa shape index (κ1) is 44.4. The Balaban J connectivity index is 0.844. The second-order valence-corrected chi connectivity index (χ2v) is 22.0. The molecule has 12 aromatic carbocycles. The van der Waals surface area contributed by atoms with Crippen molar-refractivity contribution in [1.82, 2.24) is 0 Å². The van der Waals surface area contributed by atoms with Crippen molar-refractivity contribution in [3.05, 3.63) is 307 Å². The van der Waals surface area contributed by atoms with E-state index in [1.54, 1.807) is 0 Å². The molecule has 0 amide bonds. The molecule has 0 bridgehead atoms. The molecule has 1 aliphatic rings. The largest absolute Gasteiger partial charge is 0.310 e. The molecule has 1 nitrogen and oxygen atoms in total.